The standard InChI is InChI=1S/C20H20N2O4S/c1-3-17-10-13-19(26-17)20(23)21-15-6-8-16(9-7-15)22-27(24,25)18-11-4-14(2)5-12-18/h4-13,22H,3H2,1-2H3,(H,21,23). The lowest BCUT2D eigenvalue weighted by Gasteiger charge is -2.09. The lowest BCUT2D eigenvalue weighted by molar-refractivity contribution is 0.0995. The van der Waals surface area contributed by atoms with Crippen LogP contribution in [0.1, 0.15) is 28.8 Å². The molecule has 0 unspecified atom stereocenters. The first kappa shape index (κ1) is 18.7. The van der Waals surface area contributed by atoms with Crippen molar-refractivity contribution in [1.82, 2.24) is 0 Å². The minimum Gasteiger partial charge on any atom is -0.456 e. The number of anilines is 2. The molecule has 2 N–H and O–H groups in total. The second kappa shape index (κ2) is 7.67. The van der Waals surface area contributed by atoms with Gasteiger partial charge in [0.15, 0.2) is 5.76 Å². The minimum absolute atomic E-state index is 0.190. The van der Waals surface area contributed by atoms with Crippen LogP contribution < -0.4 is 10.0 Å². The van der Waals surface area contributed by atoms with Crippen molar-refractivity contribution in [2.24, 2.45) is 0 Å². The molecule has 140 valence electrons. The van der Waals surface area contributed by atoms with Crippen molar-refractivity contribution in [2.45, 2.75) is 25.2 Å². The van der Waals surface area contributed by atoms with Crippen LogP contribution in [0.4, 0.5) is 11.4 Å². The van der Waals surface area contributed by atoms with Gasteiger partial charge in [-0.1, -0.05) is 24.6 Å². The molecular formula is C20H20N2O4S. The molecular weight excluding hydrogens is 364 g/mol. The van der Waals surface area contributed by atoms with Crippen LogP contribution >= 0.6 is 0 Å². The number of nitrogens with one attached hydrogen (secondary N) is 2. The zero-order valence-electron chi connectivity index (χ0n) is 15.0. The number of aryl methyl sites for hydroxylation is 2. The number of hydrogen-bond acceptors (Lipinski definition) is 4. The van der Waals surface area contributed by atoms with E-state index in [1.165, 1.54) is 0 Å². The van der Waals surface area contributed by atoms with Crippen molar-refractivity contribution in [3.63, 3.8) is 0 Å². The van der Waals surface area contributed by atoms with E-state index in [1.807, 2.05) is 13.8 Å². The second-order valence-electron chi connectivity index (χ2n) is 6.07. The number of carbonyl (C=O) groups excluding carboxylic acids is 1. The normalized spacial score (nSPS) is 11.2. The van der Waals surface area contributed by atoms with Crippen molar-refractivity contribution in [3.05, 3.63) is 77.7 Å². The predicted molar refractivity (Wildman–Crippen MR) is 104 cm³/mol. The number of rotatable bonds is 6. The monoisotopic (exact) mass is 384 g/mol. The van der Waals surface area contributed by atoms with Crippen LogP contribution in [0, 0.1) is 6.92 Å². The Hall–Kier alpha value is -3.06. The number of benzene rings is 2. The van der Waals surface area contributed by atoms with E-state index in [-0.39, 0.29) is 16.6 Å². The van der Waals surface area contributed by atoms with Gasteiger partial charge in [-0.15, -0.1) is 0 Å². The molecule has 0 spiro atoms. The van der Waals surface area contributed by atoms with Crippen LogP contribution in [0.5, 0.6) is 0 Å². The maximum Gasteiger partial charge on any atom is 0.291 e. The Morgan fingerprint density at radius 3 is 2.15 bits per heavy atom. The summed E-state index contributed by atoms with van der Waals surface area (Å²) in [6, 6.07) is 16.4. The van der Waals surface area contributed by atoms with Gasteiger partial charge in [-0.3, -0.25) is 9.52 Å². The molecule has 0 saturated heterocycles. The van der Waals surface area contributed by atoms with Crippen molar-refractivity contribution in [1.29, 1.82) is 0 Å². The van der Waals surface area contributed by atoms with E-state index in [4.69, 9.17) is 4.42 Å². The van der Waals surface area contributed by atoms with Gasteiger partial charge in [0, 0.05) is 17.8 Å². The molecule has 27 heavy (non-hydrogen) atoms. The van der Waals surface area contributed by atoms with Gasteiger partial charge in [0.2, 0.25) is 0 Å². The minimum atomic E-state index is -3.66. The molecule has 0 aliphatic heterocycles. The van der Waals surface area contributed by atoms with Crippen molar-refractivity contribution in [2.75, 3.05) is 10.0 Å². The average molecular weight is 384 g/mol. The molecule has 6 nitrogen and oxygen atoms in total. The zero-order valence-corrected chi connectivity index (χ0v) is 15.8. The van der Waals surface area contributed by atoms with Gasteiger partial charge in [-0.2, -0.15) is 0 Å². The molecule has 1 heterocycles. The Bertz CT molecular complexity index is 1040. The van der Waals surface area contributed by atoms with Gasteiger partial charge >= 0.3 is 0 Å². The van der Waals surface area contributed by atoms with E-state index in [0.717, 1.165) is 11.3 Å². The molecule has 0 bridgehead atoms. The SMILES string of the molecule is CCc1ccc(C(=O)Nc2ccc(NS(=O)(=O)c3ccc(C)cc3)cc2)o1. The van der Waals surface area contributed by atoms with E-state index < -0.39 is 10.0 Å². The van der Waals surface area contributed by atoms with Crippen molar-refractivity contribution >= 4 is 27.3 Å². The Balaban J connectivity index is 1.68. The number of furan rings is 1. The third-order valence-electron chi connectivity index (χ3n) is 3.96. The fourth-order valence-electron chi connectivity index (χ4n) is 2.44. The first-order chi connectivity index (χ1) is 12.9. The lowest BCUT2D eigenvalue weighted by atomic mass is 10.2. The summed E-state index contributed by atoms with van der Waals surface area (Å²) in [6.45, 7) is 3.83. The third kappa shape index (κ3) is 4.57. The van der Waals surface area contributed by atoms with Crippen LogP contribution in [0.2, 0.25) is 0 Å². The summed E-state index contributed by atoms with van der Waals surface area (Å²) < 4.78 is 32.7. The first-order valence-electron chi connectivity index (χ1n) is 8.47. The summed E-state index contributed by atoms with van der Waals surface area (Å²) in [5, 5.41) is 2.71. The fourth-order valence-corrected chi connectivity index (χ4v) is 3.49. The Morgan fingerprint density at radius 1 is 0.926 bits per heavy atom. The highest BCUT2D eigenvalue weighted by Gasteiger charge is 2.14. The predicted octanol–water partition coefficient (Wildman–Crippen LogP) is 4.20. The van der Waals surface area contributed by atoms with Crippen LogP contribution in [0.3, 0.4) is 0 Å². The fraction of sp³-hybridized carbons (Fsp3) is 0.150. The highest BCUT2D eigenvalue weighted by atomic mass is 32.2. The van der Waals surface area contributed by atoms with E-state index >= 15 is 0 Å². The zero-order chi connectivity index (χ0) is 19.4. The molecule has 0 aliphatic rings. The van der Waals surface area contributed by atoms with Crippen molar-refractivity contribution in [3.8, 4) is 0 Å². The van der Waals surface area contributed by atoms with Gasteiger partial charge in [0.1, 0.15) is 5.76 Å². The molecule has 2 aromatic carbocycles. The Morgan fingerprint density at radius 2 is 1.56 bits per heavy atom. The van der Waals surface area contributed by atoms with Gasteiger partial charge in [0.05, 0.1) is 4.90 Å². The van der Waals surface area contributed by atoms with Gasteiger partial charge < -0.3 is 9.73 Å². The Kier molecular flexibility index (Phi) is 5.32. The number of hydrogen-bond donors (Lipinski definition) is 2. The molecule has 0 atom stereocenters. The number of carbonyl (C=O) groups is 1. The third-order valence-corrected chi connectivity index (χ3v) is 5.36. The van der Waals surface area contributed by atoms with E-state index in [9.17, 15) is 13.2 Å². The molecule has 1 aromatic heterocycles. The van der Waals surface area contributed by atoms with Crippen LogP contribution in [0.15, 0.2) is 70.0 Å². The Labute approximate surface area is 158 Å². The van der Waals surface area contributed by atoms with Crippen LogP contribution in [-0.2, 0) is 16.4 Å². The molecule has 0 saturated carbocycles. The molecule has 1 amide bonds. The summed E-state index contributed by atoms with van der Waals surface area (Å²) >= 11 is 0. The van der Waals surface area contributed by atoms with Crippen LogP contribution in [0.25, 0.3) is 0 Å². The largest absolute Gasteiger partial charge is 0.456 e. The first-order valence-corrected chi connectivity index (χ1v) is 9.95. The molecule has 0 fully saturated rings. The molecule has 7 heteroatoms. The van der Waals surface area contributed by atoms with E-state index in [1.54, 1.807) is 60.7 Å². The molecule has 0 aliphatic carbocycles. The highest BCUT2D eigenvalue weighted by molar-refractivity contribution is 7.92. The number of sulfonamides is 1. The number of amides is 1. The molecule has 3 rings (SSSR count). The highest BCUT2D eigenvalue weighted by Crippen LogP contribution is 2.19. The van der Waals surface area contributed by atoms with Gasteiger partial charge in [-0.05, 0) is 55.5 Å². The summed E-state index contributed by atoms with van der Waals surface area (Å²) in [6.07, 6.45) is 0.711. The summed E-state index contributed by atoms with van der Waals surface area (Å²) in [5.74, 6) is 0.611. The summed E-state index contributed by atoms with van der Waals surface area (Å²) in [4.78, 5) is 12.3. The van der Waals surface area contributed by atoms with Gasteiger partial charge in [-0.25, -0.2) is 8.42 Å². The van der Waals surface area contributed by atoms with E-state index in [0.29, 0.717) is 17.8 Å². The van der Waals surface area contributed by atoms with Gasteiger partial charge in [0.25, 0.3) is 15.9 Å². The van der Waals surface area contributed by atoms with Crippen LogP contribution in [-0.4, -0.2) is 14.3 Å². The lowest BCUT2D eigenvalue weighted by Crippen LogP contribution is -2.13. The quantitative estimate of drug-likeness (QED) is 0.666. The maximum absolute atomic E-state index is 12.4. The summed E-state index contributed by atoms with van der Waals surface area (Å²) in [5.41, 5.74) is 1.92. The average Bonchev–Trinajstić information content (AvgIpc) is 3.13. The summed E-state index contributed by atoms with van der Waals surface area (Å²) in [7, 11) is -3.66. The topological polar surface area (TPSA) is 88.4 Å². The molecule has 0 radical (unpaired) electrons. The maximum atomic E-state index is 12.4. The smallest absolute Gasteiger partial charge is 0.291 e. The molecule has 3 aromatic rings. The van der Waals surface area contributed by atoms with E-state index in [2.05, 4.69) is 10.0 Å². The second-order valence-corrected chi connectivity index (χ2v) is 7.75. The van der Waals surface area contributed by atoms with Crippen molar-refractivity contribution < 1.29 is 17.6 Å².